The summed E-state index contributed by atoms with van der Waals surface area (Å²) in [4.78, 5) is 22.8. The molecule has 0 saturated heterocycles. The SMILES string of the molecule is C=CCn1c(CN(C)C(=O)c2cccnc2)nc2ccccc21. The van der Waals surface area contributed by atoms with Gasteiger partial charge in [-0.15, -0.1) is 6.58 Å². The fraction of sp³-hybridized carbons (Fsp3) is 0.167. The highest BCUT2D eigenvalue weighted by Gasteiger charge is 2.16. The minimum Gasteiger partial charge on any atom is -0.334 e. The second kappa shape index (κ2) is 6.44. The fourth-order valence-electron chi connectivity index (χ4n) is 2.57. The number of benzene rings is 1. The van der Waals surface area contributed by atoms with E-state index in [-0.39, 0.29) is 5.91 Å². The van der Waals surface area contributed by atoms with E-state index in [1.54, 1.807) is 36.5 Å². The number of fused-ring (bicyclic) bond motifs is 1. The van der Waals surface area contributed by atoms with Crippen LogP contribution in [0.5, 0.6) is 0 Å². The van der Waals surface area contributed by atoms with Gasteiger partial charge in [-0.3, -0.25) is 9.78 Å². The predicted octanol–water partition coefficient (Wildman–Crippen LogP) is 2.89. The van der Waals surface area contributed by atoms with Crippen molar-refractivity contribution in [2.45, 2.75) is 13.1 Å². The van der Waals surface area contributed by atoms with Crippen LogP contribution in [0.3, 0.4) is 0 Å². The van der Waals surface area contributed by atoms with Crippen molar-refractivity contribution in [1.82, 2.24) is 19.4 Å². The number of hydrogen-bond donors (Lipinski definition) is 0. The number of aromatic nitrogens is 3. The first-order valence-electron chi connectivity index (χ1n) is 7.41. The summed E-state index contributed by atoms with van der Waals surface area (Å²) in [5, 5.41) is 0. The van der Waals surface area contributed by atoms with Gasteiger partial charge in [-0.05, 0) is 24.3 Å². The summed E-state index contributed by atoms with van der Waals surface area (Å²) in [7, 11) is 1.77. The Hall–Kier alpha value is -2.95. The van der Waals surface area contributed by atoms with Gasteiger partial charge in [0.25, 0.3) is 5.91 Å². The maximum atomic E-state index is 12.5. The Labute approximate surface area is 134 Å². The van der Waals surface area contributed by atoms with E-state index in [1.807, 2.05) is 30.3 Å². The van der Waals surface area contributed by atoms with E-state index in [1.165, 1.54) is 0 Å². The molecule has 0 bridgehead atoms. The third kappa shape index (κ3) is 2.99. The van der Waals surface area contributed by atoms with Crippen LogP contribution in [0.1, 0.15) is 16.2 Å². The number of carbonyl (C=O) groups excluding carboxylic acids is 1. The van der Waals surface area contributed by atoms with Crippen LogP contribution in [0, 0.1) is 0 Å². The minimum absolute atomic E-state index is 0.0738. The quantitative estimate of drug-likeness (QED) is 0.681. The third-order valence-corrected chi connectivity index (χ3v) is 3.68. The molecule has 0 radical (unpaired) electrons. The first-order valence-corrected chi connectivity index (χ1v) is 7.41. The Morgan fingerprint density at radius 1 is 1.30 bits per heavy atom. The topological polar surface area (TPSA) is 51.0 Å². The van der Waals surface area contributed by atoms with Gasteiger partial charge in [0.05, 0.1) is 23.1 Å². The fourth-order valence-corrected chi connectivity index (χ4v) is 2.57. The van der Waals surface area contributed by atoms with Crippen LogP contribution in [0.4, 0.5) is 0 Å². The van der Waals surface area contributed by atoms with Crippen molar-refractivity contribution in [3.63, 3.8) is 0 Å². The highest BCUT2D eigenvalue weighted by Crippen LogP contribution is 2.17. The molecule has 116 valence electrons. The number of carbonyl (C=O) groups is 1. The highest BCUT2D eigenvalue weighted by atomic mass is 16.2. The molecule has 0 aliphatic rings. The molecule has 5 nitrogen and oxygen atoms in total. The molecule has 1 amide bonds. The lowest BCUT2D eigenvalue weighted by Crippen LogP contribution is -2.27. The molecule has 0 aliphatic carbocycles. The largest absolute Gasteiger partial charge is 0.334 e. The molecule has 23 heavy (non-hydrogen) atoms. The maximum absolute atomic E-state index is 12.5. The van der Waals surface area contributed by atoms with Crippen LogP contribution >= 0.6 is 0 Å². The summed E-state index contributed by atoms with van der Waals surface area (Å²) in [5.41, 5.74) is 2.54. The van der Waals surface area contributed by atoms with Gasteiger partial charge in [0.2, 0.25) is 0 Å². The van der Waals surface area contributed by atoms with Crippen molar-refractivity contribution >= 4 is 16.9 Å². The molecule has 0 spiro atoms. The van der Waals surface area contributed by atoms with Gasteiger partial charge in [0, 0.05) is 26.0 Å². The van der Waals surface area contributed by atoms with Crippen LogP contribution in [0.2, 0.25) is 0 Å². The second-order valence-corrected chi connectivity index (χ2v) is 5.32. The monoisotopic (exact) mass is 306 g/mol. The number of para-hydroxylation sites is 2. The number of rotatable bonds is 5. The second-order valence-electron chi connectivity index (χ2n) is 5.32. The molecule has 0 aliphatic heterocycles. The van der Waals surface area contributed by atoms with Crippen molar-refractivity contribution < 1.29 is 4.79 Å². The minimum atomic E-state index is -0.0738. The van der Waals surface area contributed by atoms with E-state index in [0.29, 0.717) is 18.7 Å². The number of pyridine rings is 1. The third-order valence-electron chi connectivity index (χ3n) is 3.68. The van der Waals surface area contributed by atoms with Gasteiger partial charge in [-0.2, -0.15) is 0 Å². The molecule has 3 rings (SSSR count). The molecule has 0 fully saturated rings. The number of hydrogen-bond acceptors (Lipinski definition) is 3. The molecule has 1 aromatic carbocycles. The normalized spacial score (nSPS) is 10.7. The summed E-state index contributed by atoms with van der Waals surface area (Å²) < 4.78 is 2.08. The Bertz CT molecular complexity index is 839. The molecular formula is C18H18N4O. The Kier molecular flexibility index (Phi) is 4.19. The lowest BCUT2D eigenvalue weighted by molar-refractivity contribution is 0.0780. The zero-order chi connectivity index (χ0) is 16.2. The van der Waals surface area contributed by atoms with Gasteiger partial charge < -0.3 is 9.47 Å². The molecule has 3 aromatic rings. The zero-order valence-corrected chi connectivity index (χ0v) is 13.0. The molecule has 0 unspecified atom stereocenters. The van der Waals surface area contributed by atoms with E-state index in [0.717, 1.165) is 16.9 Å². The van der Waals surface area contributed by atoms with Crippen LogP contribution in [0.25, 0.3) is 11.0 Å². The van der Waals surface area contributed by atoms with Crippen LogP contribution in [-0.4, -0.2) is 32.4 Å². The Morgan fingerprint density at radius 3 is 2.87 bits per heavy atom. The smallest absolute Gasteiger partial charge is 0.255 e. The number of allylic oxidation sites excluding steroid dienone is 1. The molecule has 5 heteroatoms. The van der Waals surface area contributed by atoms with Crippen LogP contribution in [0.15, 0.2) is 61.4 Å². The zero-order valence-electron chi connectivity index (χ0n) is 13.0. The van der Waals surface area contributed by atoms with Gasteiger partial charge in [0.15, 0.2) is 0 Å². The molecule has 0 atom stereocenters. The van der Waals surface area contributed by atoms with Gasteiger partial charge >= 0.3 is 0 Å². The average molecular weight is 306 g/mol. The molecule has 2 heterocycles. The van der Waals surface area contributed by atoms with Crippen molar-refractivity contribution in [3.8, 4) is 0 Å². The number of amides is 1. The summed E-state index contributed by atoms with van der Waals surface area (Å²) in [5.74, 6) is 0.765. The molecule has 0 saturated carbocycles. The summed E-state index contributed by atoms with van der Waals surface area (Å²) in [6.07, 6.45) is 5.06. The van der Waals surface area contributed by atoms with Gasteiger partial charge in [-0.1, -0.05) is 18.2 Å². The van der Waals surface area contributed by atoms with E-state index < -0.39 is 0 Å². The van der Waals surface area contributed by atoms with Crippen LogP contribution < -0.4 is 0 Å². The van der Waals surface area contributed by atoms with Crippen molar-refractivity contribution in [3.05, 3.63) is 72.8 Å². The Balaban J connectivity index is 1.90. The van der Waals surface area contributed by atoms with E-state index in [2.05, 4.69) is 21.1 Å². The molecule has 0 N–H and O–H groups in total. The predicted molar refractivity (Wildman–Crippen MR) is 90.0 cm³/mol. The van der Waals surface area contributed by atoms with Crippen molar-refractivity contribution in [2.24, 2.45) is 0 Å². The van der Waals surface area contributed by atoms with Crippen molar-refractivity contribution in [2.75, 3.05) is 7.05 Å². The van der Waals surface area contributed by atoms with E-state index >= 15 is 0 Å². The Morgan fingerprint density at radius 2 is 2.13 bits per heavy atom. The lowest BCUT2D eigenvalue weighted by atomic mass is 10.2. The maximum Gasteiger partial charge on any atom is 0.255 e. The summed E-state index contributed by atoms with van der Waals surface area (Å²) in [6.45, 7) is 4.89. The average Bonchev–Trinajstić information content (AvgIpc) is 2.93. The van der Waals surface area contributed by atoms with E-state index in [9.17, 15) is 4.79 Å². The summed E-state index contributed by atoms with van der Waals surface area (Å²) in [6, 6.07) is 11.5. The standard InChI is InChI=1S/C18H18N4O/c1-3-11-22-16-9-5-4-8-15(16)20-17(22)13-21(2)18(23)14-7-6-10-19-12-14/h3-10,12H,1,11,13H2,2H3. The van der Waals surface area contributed by atoms with Crippen LogP contribution in [-0.2, 0) is 13.1 Å². The number of nitrogens with zero attached hydrogens (tertiary/aromatic N) is 4. The first kappa shape index (κ1) is 15.0. The van der Waals surface area contributed by atoms with E-state index in [4.69, 9.17) is 0 Å². The van der Waals surface area contributed by atoms with Gasteiger partial charge in [0.1, 0.15) is 5.82 Å². The van der Waals surface area contributed by atoms with Gasteiger partial charge in [-0.25, -0.2) is 4.98 Å². The highest BCUT2D eigenvalue weighted by molar-refractivity contribution is 5.93. The molecule has 2 aromatic heterocycles. The number of imidazole rings is 1. The lowest BCUT2D eigenvalue weighted by Gasteiger charge is -2.17. The van der Waals surface area contributed by atoms with Crippen molar-refractivity contribution in [1.29, 1.82) is 0 Å². The summed E-state index contributed by atoms with van der Waals surface area (Å²) >= 11 is 0. The molecular weight excluding hydrogens is 288 g/mol. The first-order chi connectivity index (χ1) is 11.2.